The smallest absolute Gasteiger partial charge is 0.353 e. The van der Waals surface area contributed by atoms with Gasteiger partial charge in [0.15, 0.2) is 0 Å². The van der Waals surface area contributed by atoms with Crippen LogP contribution in [0.4, 0.5) is 13.2 Å². The predicted octanol–water partition coefficient (Wildman–Crippen LogP) is 5.28. The molecule has 1 unspecified atom stereocenters. The third-order valence-electron chi connectivity index (χ3n) is 9.00. The molecule has 4 saturated carbocycles. The monoisotopic (exact) mass is 463 g/mol. The zero-order valence-corrected chi connectivity index (χ0v) is 19.5. The summed E-state index contributed by atoms with van der Waals surface area (Å²) in [6.07, 6.45) is 4.88. The number of piperidine rings is 1. The van der Waals surface area contributed by atoms with Gasteiger partial charge >= 0.3 is 6.18 Å². The van der Waals surface area contributed by atoms with E-state index in [0.29, 0.717) is 36.0 Å². The molecule has 1 N–H and O–H groups in total. The van der Waals surface area contributed by atoms with E-state index in [4.69, 9.17) is 0 Å². The van der Waals surface area contributed by atoms with E-state index in [1.54, 1.807) is 6.07 Å². The van der Waals surface area contributed by atoms with Gasteiger partial charge in [0.1, 0.15) is 5.69 Å². The van der Waals surface area contributed by atoms with Crippen molar-refractivity contribution in [3.63, 3.8) is 0 Å². The first-order valence-corrected chi connectivity index (χ1v) is 12.9. The zero-order valence-electron chi connectivity index (χ0n) is 19.5. The third-order valence-corrected chi connectivity index (χ3v) is 9.00. The van der Waals surface area contributed by atoms with Crippen molar-refractivity contribution in [2.75, 3.05) is 13.1 Å². The molecule has 1 aliphatic heterocycles. The Kier molecular flexibility index (Phi) is 6.45. The molecule has 0 radical (unpaired) electrons. The van der Waals surface area contributed by atoms with Crippen LogP contribution in [0.2, 0.25) is 0 Å². The number of nitrogens with zero attached hydrogens (tertiary/aromatic N) is 2. The van der Waals surface area contributed by atoms with Gasteiger partial charge in [-0.25, -0.2) is 4.98 Å². The van der Waals surface area contributed by atoms with Crippen LogP contribution >= 0.6 is 0 Å². The number of rotatable bonds is 6. The molecule has 1 amide bonds. The van der Waals surface area contributed by atoms with Gasteiger partial charge in [0.05, 0.1) is 5.69 Å². The SMILES string of the molecule is CCC(C(=O)NC1C2C[C@H]3C[C@@H](C2)C[C@@H]1C3)C1CCN(Cc2cccc(C(F)(F)F)n2)CC1. The molecule has 0 spiro atoms. The largest absolute Gasteiger partial charge is 0.433 e. The van der Waals surface area contributed by atoms with Gasteiger partial charge in [0, 0.05) is 18.5 Å². The summed E-state index contributed by atoms with van der Waals surface area (Å²) in [5.41, 5.74) is -0.377. The minimum atomic E-state index is -4.41. The van der Waals surface area contributed by atoms with Gasteiger partial charge in [0.25, 0.3) is 0 Å². The summed E-state index contributed by atoms with van der Waals surface area (Å²) >= 11 is 0. The van der Waals surface area contributed by atoms with E-state index >= 15 is 0 Å². The molecule has 2 heterocycles. The Bertz CT molecular complexity index is 821. The van der Waals surface area contributed by atoms with Gasteiger partial charge in [-0.1, -0.05) is 13.0 Å². The lowest BCUT2D eigenvalue weighted by Crippen LogP contribution is -2.57. The van der Waals surface area contributed by atoms with Gasteiger partial charge in [0.2, 0.25) is 5.91 Å². The van der Waals surface area contributed by atoms with E-state index in [2.05, 4.69) is 22.1 Å². The minimum Gasteiger partial charge on any atom is -0.353 e. The summed E-state index contributed by atoms with van der Waals surface area (Å²) in [5.74, 6) is 3.80. The third kappa shape index (κ3) is 4.94. The number of amides is 1. The number of halogens is 3. The highest BCUT2D eigenvalue weighted by Gasteiger charge is 2.49. The average Bonchev–Trinajstić information content (AvgIpc) is 2.77. The average molecular weight is 464 g/mol. The van der Waals surface area contributed by atoms with Gasteiger partial charge in [-0.05, 0) is 106 Å². The van der Waals surface area contributed by atoms with Crippen molar-refractivity contribution < 1.29 is 18.0 Å². The lowest BCUT2D eigenvalue weighted by atomic mass is 9.54. The second-order valence-electron chi connectivity index (χ2n) is 11.1. The Morgan fingerprint density at radius 3 is 2.30 bits per heavy atom. The molecule has 6 rings (SSSR count). The number of carbonyl (C=O) groups is 1. The first-order chi connectivity index (χ1) is 15.8. The van der Waals surface area contributed by atoms with E-state index in [1.807, 2.05) is 0 Å². The topological polar surface area (TPSA) is 45.2 Å². The van der Waals surface area contributed by atoms with Crippen molar-refractivity contribution in [2.45, 2.75) is 77.1 Å². The molecule has 4 nitrogen and oxygen atoms in total. The van der Waals surface area contributed by atoms with Gasteiger partial charge in [-0.15, -0.1) is 0 Å². The molecule has 33 heavy (non-hydrogen) atoms. The maximum absolute atomic E-state index is 13.3. The summed E-state index contributed by atoms with van der Waals surface area (Å²) in [4.78, 5) is 19.3. The number of nitrogens with one attached hydrogen (secondary N) is 1. The maximum Gasteiger partial charge on any atom is 0.433 e. The van der Waals surface area contributed by atoms with E-state index in [-0.39, 0.29) is 11.8 Å². The lowest BCUT2D eigenvalue weighted by molar-refractivity contribution is -0.141. The first kappa shape index (κ1) is 23.1. The van der Waals surface area contributed by atoms with E-state index in [9.17, 15) is 18.0 Å². The van der Waals surface area contributed by atoms with E-state index in [1.165, 1.54) is 38.2 Å². The van der Waals surface area contributed by atoms with Gasteiger partial charge in [-0.2, -0.15) is 13.2 Å². The van der Waals surface area contributed by atoms with Crippen molar-refractivity contribution in [1.82, 2.24) is 15.2 Å². The molecule has 5 fully saturated rings. The van der Waals surface area contributed by atoms with Gasteiger partial charge in [-0.3, -0.25) is 9.69 Å². The highest BCUT2D eigenvalue weighted by molar-refractivity contribution is 5.79. The lowest BCUT2D eigenvalue weighted by Gasteiger charge is -2.54. The number of hydrogen-bond acceptors (Lipinski definition) is 3. The van der Waals surface area contributed by atoms with Crippen molar-refractivity contribution in [3.05, 3.63) is 29.6 Å². The number of pyridine rings is 1. The summed E-state index contributed by atoms with van der Waals surface area (Å²) in [5, 5.41) is 3.51. The Hall–Kier alpha value is -1.63. The molecule has 4 aliphatic carbocycles. The summed E-state index contributed by atoms with van der Waals surface area (Å²) in [7, 11) is 0. The van der Waals surface area contributed by atoms with Crippen LogP contribution in [-0.4, -0.2) is 34.9 Å². The van der Waals surface area contributed by atoms with Crippen LogP contribution in [0.25, 0.3) is 0 Å². The first-order valence-electron chi connectivity index (χ1n) is 12.9. The molecular formula is C26H36F3N3O. The van der Waals surface area contributed by atoms with Crippen molar-refractivity contribution >= 4 is 5.91 Å². The number of hydrogen-bond donors (Lipinski definition) is 1. The van der Waals surface area contributed by atoms with E-state index < -0.39 is 11.9 Å². The Morgan fingerprint density at radius 2 is 1.73 bits per heavy atom. The van der Waals surface area contributed by atoms with E-state index in [0.717, 1.165) is 50.3 Å². The summed E-state index contributed by atoms with van der Waals surface area (Å²) in [6, 6.07) is 4.49. The van der Waals surface area contributed by atoms with Gasteiger partial charge < -0.3 is 5.32 Å². The Labute approximate surface area is 194 Å². The van der Waals surface area contributed by atoms with Crippen molar-refractivity contribution in [3.8, 4) is 0 Å². The van der Waals surface area contributed by atoms with Crippen molar-refractivity contribution in [1.29, 1.82) is 0 Å². The molecule has 0 aromatic carbocycles. The molecule has 5 aliphatic rings. The highest BCUT2D eigenvalue weighted by Crippen LogP contribution is 2.53. The van der Waals surface area contributed by atoms with Crippen LogP contribution in [0, 0.1) is 35.5 Å². The Balaban J connectivity index is 1.14. The second-order valence-corrected chi connectivity index (χ2v) is 11.1. The van der Waals surface area contributed by atoms with Crippen LogP contribution in [0.3, 0.4) is 0 Å². The number of likely N-dealkylation sites (tertiary alicyclic amines) is 1. The normalized spacial score (nSPS) is 33.3. The van der Waals surface area contributed by atoms with Crippen LogP contribution in [0.15, 0.2) is 18.2 Å². The van der Waals surface area contributed by atoms with Crippen molar-refractivity contribution in [2.24, 2.45) is 35.5 Å². The molecule has 1 aromatic heterocycles. The highest BCUT2D eigenvalue weighted by atomic mass is 19.4. The molecular weight excluding hydrogens is 427 g/mol. The number of alkyl halides is 3. The fourth-order valence-electron chi connectivity index (χ4n) is 7.63. The fraction of sp³-hybridized carbons (Fsp3) is 0.769. The molecule has 4 bridgehead atoms. The predicted molar refractivity (Wildman–Crippen MR) is 120 cm³/mol. The zero-order chi connectivity index (χ0) is 23.2. The summed E-state index contributed by atoms with van der Waals surface area (Å²) in [6.45, 7) is 4.13. The molecule has 182 valence electrons. The molecule has 7 heteroatoms. The molecule has 1 aromatic rings. The minimum absolute atomic E-state index is 0.0380. The van der Waals surface area contributed by atoms with Crippen LogP contribution < -0.4 is 5.32 Å². The fourth-order valence-corrected chi connectivity index (χ4v) is 7.63. The van der Waals surface area contributed by atoms with Crippen LogP contribution in [-0.2, 0) is 17.5 Å². The van der Waals surface area contributed by atoms with Crippen LogP contribution in [0.1, 0.15) is 69.7 Å². The quantitative estimate of drug-likeness (QED) is 0.624. The maximum atomic E-state index is 13.3. The Morgan fingerprint density at radius 1 is 1.09 bits per heavy atom. The number of aromatic nitrogens is 1. The molecule has 1 saturated heterocycles. The molecule has 1 atom stereocenters. The standard InChI is InChI=1S/C26H36F3N3O/c1-2-22(25(33)31-24-19-11-16-10-17(13-19)14-20(24)12-16)18-6-8-32(9-7-18)15-21-4-3-5-23(30-21)26(27,28)29/h3-5,16-20,22,24H,2,6-15H2,1H3,(H,31,33)/t16-,17+,19-,20?,22?,24?. The van der Waals surface area contributed by atoms with Crippen LogP contribution in [0.5, 0.6) is 0 Å². The second kappa shape index (κ2) is 9.20. The summed E-state index contributed by atoms with van der Waals surface area (Å²) < 4.78 is 38.9. The number of carbonyl (C=O) groups excluding carboxylic acids is 1.